The number of hydrogen-bond donors (Lipinski definition) is 1. The van der Waals surface area contributed by atoms with E-state index in [0.29, 0.717) is 5.92 Å². The lowest BCUT2D eigenvalue weighted by Gasteiger charge is -2.31. The van der Waals surface area contributed by atoms with Crippen LogP contribution in [0.1, 0.15) is 62.8 Å². The number of likely N-dealkylation sites (N-methyl/N-ethyl adjacent to an activating group) is 1. The van der Waals surface area contributed by atoms with Crippen molar-refractivity contribution in [2.24, 2.45) is 0 Å². The molecule has 1 aliphatic heterocycles. The van der Waals surface area contributed by atoms with E-state index in [2.05, 4.69) is 19.2 Å². The van der Waals surface area contributed by atoms with Crippen molar-refractivity contribution in [2.75, 3.05) is 13.6 Å². The predicted octanol–water partition coefficient (Wildman–Crippen LogP) is 3.82. The molecule has 0 aromatic heterocycles. The van der Waals surface area contributed by atoms with E-state index in [1.54, 1.807) is 6.92 Å². The molecule has 7 heteroatoms. The van der Waals surface area contributed by atoms with Crippen molar-refractivity contribution < 1.29 is 18.8 Å². The summed E-state index contributed by atoms with van der Waals surface area (Å²) in [6, 6.07) is 15.5. The first-order valence-corrected chi connectivity index (χ1v) is 11.7. The zero-order chi connectivity index (χ0) is 25.0. The zero-order valence-corrected chi connectivity index (χ0v) is 20.5. The van der Waals surface area contributed by atoms with Crippen LogP contribution in [0.4, 0.5) is 4.39 Å². The van der Waals surface area contributed by atoms with E-state index < -0.39 is 36.1 Å². The van der Waals surface area contributed by atoms with Crippen molar-refractivity contribution in [2.45, 2.75) is 64.3 Å². The normalized spacial score (nSPS) is 19.6. The van der Waals surface area contributed by atoms with E-state index in [9.17, 15) is 18.8 Å². The number of alkyl halides is 1. The van der Waals surface area contributed by atoms with Gasteiger partial charge in [0.2, 0.25) is 17.7 Å². The Morgan fingerprint density at radius 3 is 2.09 bits per heavy atom. The number of hydrogen-bond acceptors (Lipinski definition) is 3. The van der Waals surface area contributed by atoms with Gasteiger partial charge < -0.3 is 15.1 Å². The van der Waals surface area contributed by atoms with Gasteiger partial charge in [-0.2, -0.15) is 0 Å². The molecule has 0 aliphatic carbocycles. The van der Waals surface area contributed by atoms with E-state index in [-0.39, 0.29) is 18.9 Å². The quantitative estimate of drug-likeness (QED) is 0.673. The summed E-state index contributed by atoms with van der Waals surface area (Å²) >= 11 is 0. The van der Waals surface area contributed by atoms with Crippen LogP contribution >= 0.6 is 0 Å². The van der Waals surface area contributed by atoms with E-state index in [1.807, 2.05) is 54.6 Å². The Morgan fingerprint density at radius 1 is 0.971 bits per heavy atom. The first-order chi connectivity index (χ1) is 16.1. The molecule has 3 amide bonds. The maximum absolute atomic E-state index is 14.4. The number of amides is 3. The van der Waals surface area contributed by atoms with E-state index >= 15 is 0 Å². The third kappa shape index (κ3) is 5.64. The van der Waals surface area contributed by atoms with Crippen molar-refractivity contribution in [3.8, 4) is 0 Å². The molecule has 0 spiro atoms. The minimum Gasteiger partial charge on any atom is -0.343 e. The molecule has 2 aromatic carbocycles. The summed E-state index contributed by atoms with van der Waals surface area (Å²) in [5, 5.41) is 3.06. The summed E-state index contributed by atoms with van der Waals surface area (Å²) in [6.45, 7) is 7.04. The Labute approximate surface area is 201 Å². The second-order valence-electron chi connectivity index (χ2n) is 9.32. The maximum Gasteiger partial charge on any atom is 0.245 e. The van der Waals surface area contributed by atoms with Crippen molar-refractivity contribution >= 4 is 17.7 Å². The smallest absolute Gasteiger partial charge is 0.245 e. The summed E-state index contributed by atoms with van der Waals surface area (Å²) in [7, 11) is 1.52. The van der Waals surface area contributed by atoms with Crippen molar-refractivity contribution in [3.05, 3.63) is 71.3 Å². The molecule has 3 rings (SSSR count). The Kier molecular flexibility index (Phi) is 8.07. The average molecular weight is 468 g/mol. The average Bonchev–Trinajstić information content (AvgIpc) is 3.23. The second-order valence-corrected chi connectivity index (χ2v) is 9.32. The standard InChI is InChI=1S/C27H34FN3O3/c1-17(2)20-11-13-22(14-12-20)25(21-9-7-6-8-10-21)29-26(33)24-15-23(28)16-31(24)27(34)18(3)30(5)19(4)32/h6-14,17-18,23-25H,15-16H2,1-5H3,(H,29,33)/t18-,23-,24+,25+/m1/s1. The molecular formula is C27H34FN3O3. The highest BCUT2D eigenvalue weighted by atomic mass is 19.1. The van der Waals surface area contributed by atoms with Gasteiger partial charge in [-0.25, -0.2) is 4.39 Å². The lowest BCUT2D eigenvalue weighted by molar-refractivity contribution is -0.146. The number of benzene rings is 2. The van der Waals surface area contributed by atoms with Gasteiger partial charge in [-0.15, -0.1) is 0 Å². The molecule has 4 atom stereocenters. The molecule has 1 heterocycles. The highest BCUT2D eigenvalue weighted by Gasteiger charge is 2.42. The van der Waals surface area contributed by atoms with Crippen LogP contribution in [0, 0.1) is 0 Å². The third-order valence-electron chi connectivity index (χ3n) is 6.63. The fourth-order valence-electron chi connectivity index (χ4n) is 4.27. The van der Waals surface area contributed by atoms with Crippen LogP contribution in [0.3, 0.4) is 0 Å². The molecule has 34 heavy (non-hydrogen) atoms. The Morgan fingerprint density at radius 2 is 1.53 bits per heavy atom. The first kappa shape index (κ1) is 25.4. The lowest BCUT2D eigenvalue weighted by atomic mass is 9.95. The van der Waals surface area contributed by atoms with E-state index in [4.69, 9.17) is 0 Å². The molecule has 182 valence electrons. The second kappa shape index (κ2) is 10.8. The molecule has 0 saturated carbocycles. The molecule has 1 N–H and O–H groups in total. The largest absolute Gasteiger partial charge is 0.343 e. The molecular weight excluding hydrogens is 433 g/mol. The number of nitrogens with one attached hydrogen (secondary N) is 1. The molecule has 0 bridgehead atoms. The number of nitrogens with zero attached hydrogens (tertiary/aromatic N) is 2. The molecule has 0 unspecified atom stereocenters. The van der Waals surface area contributed by atoms with Gasteiger partial charge in [-0.05, 0) is 29.5 Å². The summed E-state index contributed by atoms with van der Waals surface area (Å²) in [6.07, 6.45) is -1.36. The fourth-order valence-corrected chi connectivity index (χ4v) is 4.27. The zero-order valence-electron chi connectivity index (χ0n) is 20.5. The molecule has 6 nitrogen and oxygen atoms in total. The van der Waals surface area contributed by atoms with Gasteiger partial charge in [0.1, 0.15) is 18.3 Å². The van der Waals surface area contributed by atoms with Crippen LogP contribution in [-0.2, 0) is 14.4 Å². The number of likely N-dealkylation sites (tertiary alicyclic amines) is 1. The summed E-state index contributed by atoms with van der Waals surface area (Å²) in [5.74, 6) is -0.733. The highest BCUT2D eigenvalue weighted by Crippen LogP contribution is 2.27. The third-order valence-corrected chi connectivity index (χ3v) is 6.63. The number of rotatable bonds is 7. The number of carbonyl (C=O) groups excluding carboxylic acids is 3. The molecule has 1 saturated heterocycles. The monoisotopic (exact) mass is 467 g/mol. The predicted molar refractivity (Wildman–Crippen MR) is 130 cm³/mol. The summed E-state index contributed by atoms with van der Waals surface area (Å²) in [5.41, 5.74) is 2.99. The van der Waals surface area contributed by atoms with Gasteiger partial charge in [0.25, 0.3) is 0 Å². The highest BCUT2D eigenvalue weighted by molar-refractivity contribution is 5.92. The lowest BCUT2D eigenvalue weighted by Crippen LogP contribution is -2.53. The van der Waals surface area contributed by atoms with E-state index in [0.717, 1.165) is 11.1 Å². The van der Waals surface area contributed by atoms with Crippen LogP contribution in [0.25, 0.3) is 0 Å². The van der Waals surface area contributed by atoms with Crippen LogP contribution < -0.4 is 5.32 Å². The topological polar surface area (TPSA) is 69.7 Å². The van der Waals surface area contributed by atoms with Crippen LogP contribution in [0.15, 0.2) is 54.6 Å². The van der Waals surface area contributed by atoms with Gasteiger partial charge in [0, 0.05) is 20.4 Å². The number of carbonyl (C=O) groups is 3. The Hall–Kier alpha value is -3.22. The van der Waals surface area contributed by atoms with Gasteiger partial charge in [0.05, 0.1) is 12.6 Å². The Balaban J connectivity index is 1.86. The van der Waals surface area contributed by atoms with Gasteiger partial charge >= 0.3 is 0 Å². The van der Waals surface area contributed by atoms with Crippen LogP contribution in [-0.4, -0.2) is 59.4 Å². The van der Waals surface area contributed by atoms with Crippen molar-refractivity contribution in [3.63, 3.8) is 0 Å². The van der Waals surface area contributed by atoms with Crippen molar-refractivity contribution in [1.82, 2.24) is 15.1 Å². The minimum absolute atomic E-state index is 0.0676. The SMILES string of the molecule is CC(=O)N(C)[C@H](C)C(=O)N1C[C@H](F)C[C@H]1C(=O)N[C@@H](c1ccccc1)c1ccc(C(C)C)cc1. The molecule has 2 aromatic rings. The number of halogens is 1. The molecule has 1 fully saturated rings. The summed E-state index contributed by atoms with van der Waals surface area (Å²) in [4.78, 5) is 40.8. The maximum atomic E-state index is 14.4. The molecule has 1 aliphatic rings. The van der Waals surface area contributed by atoms with Crippen LogP contribution in [0.2, 0.25) is 0 Å². The fraction of sp³-hybridized carbons (Fsp3) is 0.444. The van der Waals surface area contributed by atoms with Gasteiger partial charge in [0.15, 0.2) is 0 Å². The minimum atomic E-state index is -1.30. The summed E-state index contributed by atoms with van der Waals surface area (Å²) < 4.78 is 14.4. The van der Waals surface area contributed by atoms with Gasteiger partial charge in [-0.1, -0.05) is 68.4 Å². The van der Waals surface area contributed by atoms with Crippen LogP contribution in [0.5, 0.6) is 0 Å². The first-order valence-electron chi connectivity index (χ1n) is 11.7. The van der Waals surface area contributed by atoms with Crippen molar-refractivity contribution in [1.29, 1.82) is 0 Å². The van der Waals surface area contributed by atoms with Gasteiger partial charge in [-0.3, -0.25) is 14.4 Å². The molecule has 0 radical (unpaired) electrons. The van der Waals surface area contributed by atoms with E-state index in [1.165, 1.54) is 29.3 Å². The Bertz CT molecular complexity index is 1010.